The molecular formula is C19H22ClN7O2. The Balaban J connectivity index is 1.26. The van der Waals surface area contributed by atoms with Crippen LogP contribution in [0.3, 0.4) is 0 Å². The number of hydrogen-bond donors (Lipinski definition) is 1. The molecule has 0 saturated carbocycles. The van der Waals surface area contributed by atoms with Gasteiger partial charge in [-0.3, -0.25) is 9.78 Å². The lowest BCUT2D eigenvalue weighted by atomic mass is 9.96. The first-order valence-corrected chi connectivity index (χ1v) is 9.95. The Kier molecular flexibility index (Phi) is 5.75. The lowest BCUT2D eigenvalue weighted by Gasteiger charge is -2.32. The number of aromatic nitrogens is 5. The molecule has 1 unspecified atom stereocenters. The van der Waals surface area contributed by atoms with Crippen LogP contribution >= 0.6 is 11.6 Å². The van der Waals surface area contributed by atoms with E-state index in [0.717, 1.165) is 37.5 Å². The predicted octanol–water partition coefficient (Wildman–Crippen LogP) is 1.97. The fourth-order valence-corrected chi connectivity index (χ4v) is 3.55. The lowest BCUT2D eigenvalue weighted by molar-refractivity contribution is -0.125. The molecule has 9 nitrogen and oxygen atoms in total. The molecule has 1 N–H and O–H groups in total. The van der Waals surface area contributed by atoms with Crippen molar-refractivity contribution >= 4 is 29.0 Å². The highest BCUT2D eigenvalue weighted by molar-refractivity contribution is 6.30. The first-order valence-electron chi connectivity index (χ1n) is 9.57. The van der Waals surface area contributed by atoms with Crippen molar-refractivity contribution in [2.24, 2.45) is 5.92 Å². The normalized spacial score (nSPS) is 16.0. The number of nitrogens with zero attached hydrogens (tertiary/aromatic N) is 6. The molecule has 152 valence electrons. The second kappa shape index (κ2) is 8.60. The summed E-state index contributed by atoms with van der Waals surface area (Å²) in [5, 5.41) is 15.3. The van der Waals surface area contributed by atoms with Gasteiger partial charge in [-0.15, -0.1) is 5.10 Å². The average molecular weight is 416 g/mol. The molecule has 1 amide bonds. The number of piperidine rings is 1. The summed E-state index contributed by atoms with van der Waals surface area (Å²) in [4.78, 5) is 18.9. The Morgan fingerprint density at radius 1 is 1.28 bits per heavy atom. The number of ether oxygens (including phenoxy) is 1. The molecule has 3 heterocycles. The van der Waals surface area contributed by atoms with Gasteiger partial charge >= 0.3 is 0 Å². The van der Waals surface area contributed by atoms with Crippen LogP contribution in [0.15, 0.2) is 36.7 Å². The second-order valence-corrected chi connectivity index (χ2v) is 7.54. The molecule has 0 spiro atoms. The standard InChI is InChI=1S/C19H22ClN7O2/c1-13(29-16-4-2-15(20)3-5-16)10-22-19(28)14-6-8-26(9-7-14)18-12-21-11-17-23-24-25-27(17)18/h2-5,11-14H,6-10H2,1H3,(H,22,28). The van der Waals surface area contributed by atoms with Gasteiger partial charge in [0.2, 0.25) is 5.91 Å². The van der Waals surface area contributed by atoms with E-state index in [1.807, 2.05) is 19.1 Å². The largest absolute Gasteiger partial charge is 0.489 e. The van der Waals surface area contributed by atoms with Crippen LogP contribution in [0.4, 0.5) is 5.82 Å². The summed E-state index contributed by atoms with van der Waals surface area (Å²) >= 11 is 5.88. The molecule has 0 radical (unpaired) electrons. The van der Waals surface area contributed by atoms with Crippen molar-refractivity contribution in [1.82, 2.24) is 30.3 Å². The van der Waals surface area contributed by atoms with Crippen molar-refractivity contribution in [3.8, 4) is 5.75 Å². The topological polar surface area (TPSA) is 97.5 Å². The quantitative estimate of drug-likeness (QED) is 0.657. The minimum Gasteiger partial charge on any atom is -0.489 e. The number of nitrogens with one attached hydrogen (secondary N) is 1. The summed E-state index contributed by atoms with van der Waals surface area (Å²) < 4.78 is 7.47. The van der Waals surface area contributed by atoms with Gasteiger partial charge in [-0.1, -0.05) is 11.6 Å². The third kappa shape index (κ3) is 4.56. The molecule has 1 aromatic carbocycles. The van der Waals surface area contributed by atoms with Gasteiger partial charge in [-0.25, -0.2) is 0 Å². The number of hydrogen-bond acceptors (Lipinski definition) is 7. The third-order valence-corrected chi connectivity index (χ3v) is 5.25. The van der Waals surface area contributed by atoms with Gasteiger partial charge in [0.15, 0.2) is 11.5 Å². The number of fused-ring (bicyclic) bond motifs is 1. The highest BCUT2D eigenvalue weighted by atomic mass is 35.5. The van der Waals surface area contributed by atoms with Crippen molar-refractivity contribution in [2.75, 3.05) is 24.5 Å². The van der Waals surface area contributed by atoms with Crippen LogP contribution in [-0.4, -0.2) is 56.7 Å². The molecular weight excluding hydrogens is 394 g/mol. The summed E-state index contributed by atoms with van der Waals surface area (Å²) in [5.74, 6) is 1.62. The van der Waals surface area contributed by atoms with E-state index in [9.17, 15) is 4.79 Å². The Bertz CT molecular complexity index is 970. The molecule has 1 atom stereocenters. The fraction of sp³-hybridized carbons (Fsp3) is 0.421. The number of carbonyl (C=O) groups is 1. The molecule has 29 heavy (non-hydrogen) atoms. The zero-order valence-electron chi connectivity index (χ0n) is 16.0. The summed E-state index contributed by atoms with van der Waals surface area (Å²) in [5.41, 5.74) is 0.608. The van der Waals surface area contributed by atoms with Gasteiger partial charge in [-0.2, -0.15) is 4.52 Å². The summed E-state index contributed by atoms with van der Waals surface area (Å²) in [6, 6.07) is 7.19. The van der Waals surface area contributed by atoms with Gasteiger partial charge in [0, 0.05) is 24.0 Å². The molecule has 0 aliphatic carbocycles. The highest BCUT2D eigenvalue weighted by Gasteiger charge is 2.26. The van der Waals surface area contributed by atoms with Crippen molar-refractivity contribution in [2.45, 2.75) is 25.9 Å². The minimum absolute atomic E-state index is 0.0185. The highest BCUT2D eigenvalue weighted by Crippen LogP contribution is 2.23. The predicted molar refractivity (Wildman–Crippen MR) is 108 cm³/mol. The first-order chi connectivity index (χ1) is 14.1. The maximum atomic E-state index is 12.6. The molecule has 1 saturated heterocycles. The van der Waals surface area contributed by atoms with E-state index in [-0.39, 0.29) is 17.9 Å². The van der Waals surface area contributed by atoms with E-state index in [1.165, 1.54) is 0 Å². The first kappa shape index (κ1) is 19.4. The zero-order chi connectivity index (χ0) is 20.2. The van der Waals surface area contributed by atoms with E-state index in [4.69, 9.17) is 16.3 Å². The summed E-state index contributed by atoms with van der Waals surface area (Å²) in [6.45, 7) is 3.87. The fourth-order valence-electron chi connectivity index (χ4n) is 3.43. The monoisotopic (exact) mass is 415 g/mol. The van der Waals surface area contributed by atoms with E-state index in [2.05, 4.69) is 30.7 Å². The second-order valence-electron chi connectivity index (χ2n) is 7.10. The van der Waals surface area contributed by atoms with Gasteiger partial charge in [0.05, 0.1) is 18.9 Å². The number of halogens is 1. The van der Waals surface area contributed by atoms with E-state index < -0.39 is 0 Å². The number of anilines is 1. The Labute approximate surface area is 173 Å². The van der Waals surface area contributed by atoms with Gasteiger partial charge in [-0.05, 0) is 54.5 Å². The van der Waals surface area contributed by atoms with Crippen molar-refractivity contribution in [1.29, 1.82) is 0 Å². The smallest absolute Gasteiger partial charge is 0.223 e. The van der Waals surface area contributed by atoms with Crippen LogP contribution in [0.25, 0.3) is 5.65 Å². The molecule has 4 rings (SSSR count). The molecule has 1 aliphatic rings. The van der Waals surface area contributed by atoms with Crippen molar-refractivity contribution in [3.63, 3.8) is 0 Å². The van der Waals surface area contributed by atoms with Crippen LogP contribution in [0.1, 0.15) is 19.8 Å². The van der Waals surface area contributed by atoms with Crippen molar-refractivity contribution < 1.29 is 9.53 Å². The molecule has 3 aromatic rings. The Morgan fingerprint density at radius 2 is 2.03 bits per heavy atom. The van der Waals surface area contributed by atoms with Crippen LogP contribution in [-0.2, 0) is 4.79 Å². The maximum Gasteiger partial charge on any atom is 0.223 e. The zero-order valence-corrected chi connectivity index (χ0v) is 16.8. The summed E-state index contributed by atoms with van der Waals surface area (Å²) in [6.07, 6.45) is 4.76. The van der Waals surface area contributed by atoms with E-state index in [0.29, 0.717) is 17.2 Å². The molecule has 2 aromatic heterocycles. The number of tetrazole rings is 1. The van der Waals surface area contributed by atoms with Crippen LogP contribution in [0, 0.1) is 5.92 Å². The number of benzene rings is 1. The third-order valence-electron chi connectivity index (χ3n) is 5.00. The van der Waals surface area contributed by atoms with Crippen LogP contribution < -0.4 is 15.0 Å². The van der Waals surface area contributed by atoms with E-state index >= 15 is 0 Å². The van der Waals surface area contributed by atoms with E-state index in [1.54, 1.807) is 29.0 Å². The van der Waals surface area contributed by atoms with Crippen LogP contribution in [0.2, 0.25) is 5.02 Å². The lowest BCUT2D eigenvalue weighted by Crippen LogP contribution is -2.43. The average Bonchev–Trinajstić information content (AvgIpc) is 3.23. The minimum atomic E-state index is -0.135. The maximum absolute atomic E-state index is 12.6. The SMILES string of the molecule is CC(CNC(=O)C1CCN(c2cncc3nnnn23)CC1)Oc1ccc(Cl)cc1. The van der Waals surface area contributed by atoms with Gasteiger partial charge < -0.3 is 15.0 Å². The van der Waals surface area contributed by atoms with Crippen molar-refractivity contribution in [3.05, 3.63) is 41.7 Å². The van der Waals surface area contributed by atoms with Crippen LogP contribution in [0.5, 0.6) is 5.75 Å². The summed E-state index contributed by atoms with van der Waals surface area (Å²) in [7, 11) is 0. The molecule has 0 bridgehead atoms. The number of carbonyl (C=O) groups excluding carboxylic acids is 1. The van der Waals surface area contributed by atoms with Gasteiger partial charge in [0.1, 0.15) is 11.9 Å². The Morgan fingerprint density at radius 3 is 2.79 bits per heavy atom. The van der Waals surface area contributed by atoms with Gasteiger partial charge in [0.25, 0.3) is 0 Å². The molecule has 1 aliphatic heterocycles. The molecule has 10 heteroatoms. The molecule has 1 fully saturated rings. The number of amides is 1. The Hall–Kier alpha value is -2.94. The number of rotatable bonds is 6.